The highest BCUT2D eigenvalue weighted by Gasteiger charge is 2.05. The van der Waals surface area contributed by atoms with E-state index < -0.39 is 0 Å². The number of tetrazole rings is 1. The van der Waals surface area contributed by atoms with Crippen molar-refractivity contribution in [3.63, 3.8) is 0 Å². The second-order valence-corrected chi connectivity index (χ2v) is 3.82. The van der Waals surface area contributed by atoms with Crippen molar-refractivity contribution in [2.24, 2.45) is 0 Å². The Bertz CT molecular complexity index is 636. The highest BCUT2D eigenvalue weighted by atomic mass is 15.5. The molecule has 0 aliphatic heterocycles. The number of hydrogen-bond donors (Lipinski definition) is 1. The van der Waals surface area contributed by atoms with Crippen LogP contribution < -0.4 is 5.32 Å². The summed E-state index contributed by atoms with van der Waals surface area (Å²) < 4.78 is 1.61. The fourth-order valence-corrected chi connectivity index (χ4v) is 1.70. The molecule has 0 amide bonds. The molecule has 1 N–H and O–H groups in total. The molecule has 0 radical (unpaired) electrons. The summed E-state index contributed by atoms with van der Waals surface area (Å²) in [4.78, 5) is 8.24. The molecule has 3 rings (SSSR count). The minimum atomic E-state index is 0.590. The van der Waals surface area contributed by atoms with Gasteiger partial charge in [-0.2, -0.15) is 4.68 Å². The maximum absolute atomic E-state index is 4.21. The molecule has 3 aromatic rings. The van der Waals surface area contributed by atoms with Gasteiger partial charge in [-0.05, 0) is 22.6 Å². The van der Waals surface area contributed by atoms with Gasteiger partial charge >= 0.3 is 0 Å². The lowest BCUT2D eigenvalue weighted by Crippen LogP contribution is -2.06. The second kappa shape index (κ2) is 5.21. The van der Waals surface area contributed by atoms with Gasteiger partial charge in [0.05, 0.1) is 29.8 Å². The monoisotopic (exact) mass is 253 g/mol. The van der Waals surface area contributed by atoms with Gasteiger partial charge in [0, 0.05) is 12.4 Å². The average molecular weight is 253 g/mol. The van der Waals surface area contributed by atoms with Crippen LogP contribution in [-0.4, -0.2) is 30.2 Å². The van der Waals surface area contributed by atoms with Crippen molar-refractivity contribution in [3.8, 4) is 5.69 Å². The summed E-state index contributed by atoms with van der Waals surface area (Å²) >= 11 is 0. The molecular formula is C12H11N7. The molecule has 0 saturated heterocycles. The van der Waals surface area contributed by atoms with Crippen LogP contribution in [0.5, 0.6) is 0 Å². The van der Waals surface area contributed by atoms with Crippen molar-refractivity contribution < 1.29 is 0 Å². The predicted octanol–water partition coefficient (Wildman–Crippen LogP) is 1.06. The van der Waals surface area contributed by atoms with E-state index in [2.05, 4.69) is 30.8 Å². The van der Waals surface area contributed by atoms with E-state index >= 15 is 0 Å². The first-order valence-corrected chi connectivity index (χ1v) is 5.74. The number of rotatable bonds is 4. The molecule has 0 bridgehead atoms. The van der Waals surface area contributed by atoms with Crippen LogP contribution in [0, 0.1) is 0 Å². The Hall–Kier alpha value is -2.83. The number of nitrogens with zero attached hydrogens (tertiary/aromatic N) is 6. The number of aromatic nitrogens is 6. The zero-order valence-corrected chi connectivity index (χ0v) is 10.0. The van der Waals surface area contributed by atoms with Crippen LogP contribution >= 0.6 is 0 Å². The van der Waals surface area contributed by atoms with Gasteiger partial charge in [-0.15, -0.1) is 5.10 Å². The van der Waals surface area contributed by atoms with E-state index in [1.165, 1.54) is 0 Å². The molecule has 7 heteroatoms. The van der Waals surface area contributed by atoms with Crippen LogP contribution in [0.25, 0.3) is 5.69 Å². The summed E-state index contributed by atoms with van der Waals surface area (Å²) in [6, 6.07) is 7.79. The summed E-state index contributed by atoms with van der Waals surface area (Å²) in [5.74, 6) is 0. The van der Waals surface area contributed by atoms with Gasteiger partial charge < -0.3 is 5.32 Å². The third-order valence-corrected chi connectivity index (χ3v) is 2.58. The summed E-state index contributed by atoms with van der Waals surface area (Å²) in [7, 11) is 0. The lowest BCUT2D eigenvalue weighted by molar-refractivity contribution is 0.789. The smallest absolute Gasteiger partial charge is 0.143 e. The molecule has 0 unspecified atom stereocenters. The van der Waals surface area contributed by atoms with Crippen LogP contribution in [0.2, 0.25) is 0 Å². The van der Waals surface area contributed by atoms with E-state index in [0.29, 0.717) is 6.54 Å². The van der Waals surface area contributed by atoms with Crippen molar-refractivity contribution in [1.82, 2.24) is 30.2 Å². The number of benzene rings is 1. The lowest BCUT2D eigenvalue weighted by Gasteiger charge is -2.10. The molecule has 0 atom stereocenters. The van der Waals surface area contributed by atoms with Crippen molar-refractivity contribution >= 4 is 5.69 Å². The Labute approximate surface area is 109 Å². The van der Waals surface area contributed by atoms with E-state index in [0.717, 1.165) is 17.1 Å². The largest absolute Gasteiger partial charge is 0.378 e. The van der Waals surface area contributed by atoms with E-state index in [4.69, 9.17) is 0 Å². The van der Waals surface area contributed by atoms with Gasteiger partial charge in [0.25, 0.3) is 0 Å². The number of anilines is 1. The third-order valence-electron chi connectivity index (χ3n) is 2.58. The Kier molecular flexibility index (Phi) is 3.09. The van der Waals surface area contributed by atoms with Gasteiger partial charge in [-0.1, -0.05) is 12.1 Å². The number of hydrogen-bond acceptors (Lipinski definition) is 6. The topological polar surface area (TPSA) is 81.4 Å². The molecule has 7 nitrogen and oxygen atoms in total. The van der Waals surface area contributed by atoms with Crippen LogP contribution in [-0.2, 0) is 6.54 Å². The molecule has 2 aromatic heterocycles. The molecule has 94 valence electrons. The Balaban J connectivity index is 1.82. The van der Waals surface area contributed by atoms with Crippen molar-refractivity contribution in [3.05, 3.63) is 54.9 Å². The number of para-hydroxylation sites is 2. The summed E-state index contributed by atoms with van der Waals surface area (Å²) in [5, 5.41) is 14.5. The summed E-state index contributed by atoms with van der Waals surface area (Å²) in [6.07, 6.45) is 6.61. The Morgan fingerprint density at radius 2 is 2.11 bits per heavy atom. The SMILES string of the molecule is c1ccc(-n2cnnn2)c(NCc2cnccn2)c1. The molecule has 1 aromatic carbocycles. The highest BCUT2D eigenvalue weighted by molar-refractivity contribution is 5.60. The third kappa shape index (κ3) is 2.54. The molecule has 2 heterocycles. The van der Waals surface area contributed by atoms with Crippen LogP contribution in [0.4, 0.5) is 5.69 Å². The molecule has 0 saturated carbocycles. The summed E-state index contributed by atoms with van der Waals surface area (Å²) in [5.41, 5.74) is 2.69. The maximum atomic E-state index is 4.21. The van der Waals surface area contributed by atoms with Crippen LogP contribution in [0.15, 0.2) is 49.2 Å². The second-order valence-electron chi connectivity index (χ2n) is 3.82. The first-order valence-electron chi connectivity index (χ1n) is 5.74. The maximum Gasteiger partial charge on any atom is 0.143 e. The van der Waals surface area contributed by atoms with Crippen LogP contribution in [0.1, 0.15) is 5.69 Å². The molecule has 0 aliphatic rings. The standard InChI is InChI=1S/C12H11N7/c1-2-4-12(19-9-16-17-18-19)11(3-1)15-8-10-7-13-5-6-14-10/h1-7,9,15H,8H2. The zero-order valence-electron chi connectivity index (χ0n) is 10.0. The van der Waals surface area contributed by atoms with Crippen molar-refractivity contribution in [2.45, 2.75) is 6.54 Å². The molecular weight excluding hydrogens is 242 g/mol. The Morgan fingerprint density at radius 1 is 1.16 bits per heavy atom. The summed E-state index contributed by atoms with van der Waals surface area (Å²) in [6.45, 7) is 0.590. The van der Waals surface area contributed by atoms with Gasteiger partial charge in [0.2, 0.25) is 0 Å². The van der Waals surface area contributed by atoms with E-state index in [1.807, 2.05) is 24.3 Å². The Morgan fingerprint density at radius 3 is 2.89 bits per heavy atom. The van der Waals surface area contributed by atoms with E-state index in [9.17, 15) is 0 Å². The fourth-order valence-electron chi connectivity index (χ4n) is 1.70. The first kappa shape index (κ1) is 11.3. The lowest BCUT2D eigenvalue weighted by atomic mass is 10.2. The minimum Gasteiger partial charge on any atom is -0.378 e. The zero-order chi connectivity index (χ0) is 12.9. The minimum absolute atomic E-state index is 0.590. The average Bonchev–Trinajstić information content (AvgIpc) is 3.01. The van der Waals surface area contributed by atoms with Gasteiger partial charge in [0.1, 0.15) is 6.33 Å². The number of nitrogens with one attached hydrogen (secondary N) is 1. The van der Waals surface area contributed by atoms with Gasteiger partial charge in [0.15, 0.2) is 0 Å². The normalized spacial score (nSPS) is 10.3. The van der Waals surface area contributed by atoms with E-state index in [1.54, 1.807) is 29.6 Å². The van der Waals surface area contributed by atoms with Gasteiger partial charge in [-0.3, -0.25) is 9.97 Å². The predicted molar refractivity (Wildman–Crippen MR) is 68.5 cm³/mol. The molecule has 0 spiro atoms. The first-order chi connectivity index (χ1) is 9.43. The van der Waals surface area contributed by atoms with Crippen LogP contribution in [0.3, 0.4) is 0 Å². The quantitative estimate of drug-likeness (QED) is 0.748. The van der Waals surface area contributed by atoms with Gasteiger partial charge in [-0.25, -0.2) is 0 Å². The highest BCUT2D eigenvalue weighted by Crippen LogP contribution is 2.18. The van der Waals surface area contributed by atoms with Crippen molar-refractivity contribution in [1.29, 1.82) is 0 Å². The molecule has 0 fully saturated rings. The molecule has 19 heavy (non-hydrogen) atoms. The van der Waals surface area contributed by atoms with Crippen molar-refractivity contribution in [2.75, 3.05) is 5.32 Å². The molecule has 0 aliphatic carbocycles. The fraction of sp³-hybridized carbons (Fsp3) is 0.0833. The van der Waals surface area contributed by atoms with E-state index in [-0.39, 0.29) is 0 Å².